The summed E-state index contributed by atoms with van der Waals surface area (Å²) in [4.78, 5) is 0. The van der Waals surface area contributed by atoms with Gasteiger partial charge in [-0.1, -0.05) is 219 Å². The Bertz CT molecular complexity index is 2360. The summed E-state index contributed by atoms with van der Waals surface area (Å²) < 4.78 is 0. The highest BCUT2D eigenvalue weighted by Gasteiger charge is 2.47. The zero-order chi connectivity index (χ0) is 35.9. The molecule has 2 heteroatoms. The molecule has 0 N–H and O–H groups in total. The Morgan fingerprint density at radius 2 is 0.547 bits per heavy atom. The van der Waals surface area contributed by atoms with E-state index in [1.54, 1.807) is 0 Å². The maximum Gasteiger partial charge on any atom is 0.0713 e. The summed E-state index contributed by atoms with van der Waals surface area (Å²) in [6.45, 7) is -4.50. The fraction of sp³-hybridized carbons (Fsp3) is 0.0196. The van der Waals surface area contributed by atoms with Crippen LogP contribution in [-0.4, -0.2) is 12.6 Å². The average molecular weight is 715 g/mol. The van der Waals surface area contributed by atoms with Gasteiger partial charge in [0, 0.05) is 0 Å². The molecule has 9 rings (SSSR count). The molecule has 0 amide bonds. The summed E-state index contributed by atoms with van der Waals surface area (Å²) in [5.41, 5.74) is 7.13. The lowest BCUT2D eigenvalue weighted by Crippen LogP contribution is -2.30. The molecule has 0 radical (unpaired) electrons. The summed E-state index contributed by atoms with van der Waals surface area (Å²) in [5, 5.41) is 7.61. The fourth-order valence-corrected chi connectivity index (χ4v) is 14.4. The third-order valence-corrected chi connectivity index (χ3v) is 18.2. The van der Waals surface area contributed by atoms with E-state index in [1.165, 1.54) is 65.2 Å². The van der Waals surface area contributed by atoms with Crippen molar-refractivity contribution in [1.82, 2.24) is 0 Å². The van der Waals surface area contributed by atoms with Crippen LogP contribution in [0.3, 0.4) is 0 Å². The van der Waals surface area contributed by atoms with E-state index in [0.29, 0.717) is 0 Å². The summed E-state index contributed by atoms with van der Waals surface area (Å²) in [7, 11) is 0. The quantitative estimate of drug-likeness (QED) is 0.138. The number of rotatable bonds is 8. The molecule has 0 aliphatic heterocycles. The molecule has 0 atom stereocenters. The third kappa shape index (κ3) is 5.21. The number of benzene rings is 8. The van der Waals surface area contributed by atoms with E-state index in [1.807, 2.05) is 0 Å². The van der Waals surface area contributed by atoms with Crippen LogP contribution < -0.4 is 31.8 Å². The van der Waals surface area contributed by atoms with Crippen molar-refractivity contribution < 1.29 is 0 Å². The van der Waals surface area contributed by atoms with Gasteiger partial charge in [0.05, 0.1) is 5.41 Å². The molecule has 0 saturated heterocycles. The molecule has 254 valence electrons. The van der Waals surface area contributed by atoms with Gasteiger partial charge >= 0.3 is 0 Å². The molecule has 8 aromatic carbocycles. The van der Waals surface area contributed by atoms with Crippen LogP contribution in [0.5, 0.6) is 0 Å². The second-order valence-electron chi connectivity index (χ2n) is 13.9. The second-order valence-corrected chi connectivity index (χ2v) is 20.2. The Kier molecular flexibility index (Phi) is 8.40. The maximum atomic E-state index is 5.16. The smallest absolute Gasteiger partial charge is 0.0713 e. The van der Waals surface area contributed by atoms with Crippen molar-refractivity contribution in [2.45, 2.75) is 5.41 Å². The Morgan fingerprint density at radius 1 is 0.283 bits per heavy atom. The van der Waals surface area contributed by atoms with Gasteiger partial charge in [0.1, 0.15) is 0 Å². The monoisotopic (exact) mass is 714 g/mol. The first-order valence-corrected chi connectivity index (χ1v) is 22.1. The molecule has 0 nitrogen and oxygen atoms in total. The van der Waals surface area contributed by atoms with Crippen LogP contribution in [0.1, 0.15) is 22.3 Å². The van der Waals surface area contributed by atoms with Crippen molar-refractivity contribution in [1.29, 1.82) is 0 Å². The van der Waals surface area contributed by atoms with Gasteiger partial charge in [-0.15, -0.1) is 0 Å². The molecular weight excluding hydrogens is 675 g/mol. The van der Waals surface area contributed by atoms with Gasteiger partial charge in [-0.25, -0.2) is 0 Å². The van der Waals surface area contributed by atoms with E-state index in [2.05, 4.69) is 218 Å². The van der Waals surface area contributed by atoms with Gasteiger partial charge in [0.25, 0.3) is 0 Å². The molecule has 8 aromatic rings. The van der Waals surface area contributed by atoms with Crippen molar-refractivity contribution in [3.8, 4) is 11.1 Å². The number of hydrogen-bond donors (Lipinski definition) is 0. The minimum absolute atomic E-state index is 0.506. The largest absolute Gasteiger partial charge is 0.0887 e. The minimum Gasteiger partial charge on any atom is -0.0887 e. The summed E-state index contributed by atoms with van der Waals surface area (Å²) >= 11 is 0. The lowest BCUT2D eigenvalue weighted by atomic mass is 9.68. The van der Waals surface area contributed by atoms with E-state index in [0.717, 1.165) is 0 Å². The SMILES string of the molecule is C=P(c1ccccc1)(c1ccccc1)c1ccc2c(c1)-c1cc(P(=C)(c3ccccc3)c3ccccc3)ccc1C2(c1ccccc1)c1ccccc1. The Balaban J connectivity index is 1.38. The van der Waals surface area contributed by atoms with Crippen molar-refractivity contribution in [2.75, 3.05) is 0 Å². The molecule has 0 spiro atoms. The van der Waals surface area contributed by atoms with Crippen LogP contribution >= 0.6 is 13.8 Å². The zero-order valence-electron chi connectivity index (χ0n) is 29.6. The predicted octanol–water partition coefficient (Wildman–Crippen LogP) is 9.50. The van der Waals surface area contributed by atoms with Crippen LogP contribution in [0, 0.1) is 0 Å². The molecule has 1 aliphatic carbocycles. The summed E-state index contributed by atoms with van der Waals surface area (Å²) in [6, 6.07) is 80.3. The van der Waals surface area contributed by atoms with E-state index in [4.69, 9.17) is 12.6 Å². The molecular formula is C51H40P2. The molecule has 0 unspecified atom stereocenters. The first kappa shape index (κ1) is 33.2. The number of hydrogen-bond acceptors (Lipinski definition) is 0. The molecule has 0 bridgehead atoms. The molecule has 0 heterocycles. The van der Waals surface area contributed by atoms with Gasteiger partial charge in [-0.2, -0.15) is 0 Å². The minimum atomic E-state index is -2.25. The summed E-state index contributed by atoms with van der Waals surface area (Å²) in [5.74, 6) is 0. The van der Waals surface area contributed by atoms with Gasteiger partial charge in [0.2, 0.25) is 0 Å². The van der Waals surface area contributed by atoms with Gasteiger partial charge in [-0.3, -0.25) is 0 Å². The van der Waals surface area contributed by atoms with Crippen LogP contribution in [0.4, 0.5) is 0 Å². The Labute approximate surface area is 314 Å². The Hall–Kier alpha value is -5.64. The first-order valence-electron chi connectivity index (χ1n) is 18.2. The molecule has 1 aliphatic rings. The highest BCUT2D eigenvalue weighted by Crippen LogP contribution is 2.57. The van der Waals surface area contributed by atoms with Gasteiger partial charge in [0.15, 0.2) is 0 Å². The van der Waals surface area contributed by atoms with Crippen molar-refractivity contribution in [2.24, 2.45) is 0 Å². The molecule has 0 fully saturated rings. The van der Waals surface area contributed by atoms with E-state index >= 15 is 0 Å². The van der Waals surface area contributed by atoms with Crippen molar-refractivity contribution >= 4 is 58.2 Å². The van der Waals surface area contributed by atoms with Crippen LogP contribution in [0.15, 0.2) is 218 Å². The highest BCUT2D eigenvalue weighted by molar-refractivity contribution is 7.93. The maximum absolute atomic E-state index is 5.16. The van der Waals surface area contributed by atoms with E-state index in [-0.39, 0.29) is 0 Å². The van der Waals surface area contributed by atoms with Crippen LogP contribution in [0.2, 0.25) is 0 Å². The molecule has 0 aromatic heterocycles. The van der Waals surface area contributed by atoms with Crippen molar-refractivity contribution in [3.05, 3.63) is 241 Å². The predicted molar refractivity (Wildman–Crippen MR) is 235 cm³/mol. The third-order valence-electron chi connectivity index (χ3n) is 11.2. The standard InChI is InChI=1S/C51H40P2/c1-52(41-25-13-5-14-26-41,42-27-15-6-16-28-42)45-33-35-49-47(37-45)48-38-46(53(2,43-29-17-7-18-30-43)44-31-19-8-20-32-44)34-36-50(48)51(49,39-21-9-3-10-22-39)40-23-11-4-12-24-40/h3-38H,1-2H2. The van der Waals surface area contributed by atoms with E-state index < -0.39 is 19.2 Å². The molecule has 53 heavy (non-hydrogen) atoms. The second kappa shape index (κ2) is 13.4. The van der Waals surface area contributed by atoms with Gasteiger partial charge in [-0.05, 0) is 91.1 Å². The average Bonchev–Trinajstić information content (AvgIpc) is 3.55. The summed E-state index contributed by atoms with van der Waals surface area (Å²) in [6.07, 6.45) is 10.3. The first-order chi connectivity index (χ1) is 26.1. The number of fused-ring (bicyclic) bond motifs is 3. The molecule has 0 saturated carbocycles. The Morgan fingerprint density at radius 3 is 0.830 bits per heavy atom. The highest BCUT2D eigenvalue weighted by atomic mass is 31.2. The lowest BCUT2D eigenvalue weighted by molar-refractivity contribution is 0.769. The van der Waals surface area contributed by atoms with E-state index in [9.17, 15) is 0 Å². The van der Waals surface area contributed by atoms with Gasteiger partial charge < -0.3 is 0 Å². The zero-order valence-corrected chi connectivity index (χ0v) is 31.4. The fourth-order valence-electron chi connectivity index (χ4n) is 8.57. The normalized spacial score (nSPS) is 13.2. The topological polar surface area (TPSA) is 0 Å². The van der Waals surface area contributed by atoms with Crippen molar-refractivity contribution in [3.63, 3.8) is 0 Å². The lowest BCUT2D eigenvalue weighted by Gasteiger charge is -2.34. The van der Waals surface area contributed by atoms with Crippen LogP contribution in [0.25, 0.3) is 11.1 Å². The van der Waals surface area contributed by atoms with Crippen LogP contribution in [-0.2, 0) is 5.41 Å².